The Bertz CT molecular complexity index is 294. The largest absolute Gasteiger partial charge is 0.401 e. The first-order valence-electron chi connectivity index (χ1n) is 5.20. The zero-order valence-electron chi connectivity index (χ0n) is 9.14. The van der Waals surface area contributed by atoms with Crippen LogP contribution in [0.1, 0.15) is 6.42 Å². The first-order chi connectivity index (χ1) is 7.88. The topological polar surface area (TPSA) is 61.4 Å². The van der Waals surface area contributed by atoms with Gasteiger partial charge in [0.25, 0.3) is 0 Å². The number of nitrogens with one attached hydrogen (secondary N) is 2. The molecule has 98 valence electrons. The molecule has 1 fully saturated rings. The third-order valence-corrected chi connectivity index (χ3v) is 2.22. The number of hydrogen-bond donors (Lipinski definition) is 2. The van der Waals surface area contributed by atoms with Crippen molar-refractivity contribution in [2.75, 3.05) is 32.7 Å². The second kappa shape index (κ2) is 5.85. The zero-order valence-corrected chi connectivity index (χ0v) is 9.14. The number of nitrogens with zero attached hydrogens (tertiary/aromatic N) is 1. The summed E-state index contributed by atoms with van der Waals surface area (Å²) in [4.78, 5) is 23.9. The van der Waals surface area contributed by atoms with Gasteiger partial charge in [-0.15, -0.1) is 0 Å². The summed E-state index contributed by atoms with van der Waals surface area (Å²) in [7, 11) is 0. The molecule has 1 rings (SSSR count). The van der Waals surface area contributed by atoms with Crippen LogP contribution < -0.4 is 10.6 Å². The molecule has 0 aromatic carbocycles. The fourth-order valence-electron chi connectivity index (χ4n) is 1.44. The van der Waals surface area contributed by atoms with Crippen molar-refractivity contribution in [3.8, 4) is 0 Å². The van der Waals surface area contributed by atoms with E-state index in [4.69, 9.17) is 0 Å². The highest BCUT2D eigenvalue weighted by atomic mass is 19.4. The lowest BCUT2D eigenvalue weighted by Gasteiger charge is -2.19. The van der Waals surface area contributed by atoms with Gasteiger partial charge in [0, 0.05) is 13.1 Å². The number of hydrogen-bond acceptors (Lipinski definition) is 3. The Kier molecular flexibility index (Phi) is 4.73. The minimum Gasteiger partial charge on any atom is -0.354 e. The minimum atomic E-state index is -4.34. The van der Waals surface area contributed by atoms with Gasteiger partial charge in [0.05, 0.1) is 19.6 Å². The van der Waals surface area contributed by atoms with Crippen molar-refractivity contribution in [1.82, 2.24) is 15.5 Å². The van der Waals surface area contributed by atoms with E-state index in [1.54, 1.807) is 0 Å². The Hall–Kier alpha value is -1.31. The molecule has 2 N–H and O–H groups in total. The van der Waals surface area contributed by atoms with Crippen LogP contribution in [-0.4, -0.2) is 55.6 Å². The van der Waals surface area contributed by atoms with E-state index in [0.29, 0.717) is 19.5 Å². The van der Waals surface area contributed by atoms with E-state index < -0.39 is 25.2 Å². The third-order valence-electron chi connectivity index (χ3n) is 2.22. The van der Waals surface area contributed by atoms with E-state index in [2.05, 4.69) is 5.32 Å². The van der Waals surface area contributed by atoms with Crippen LogP contribution in [0.5, 0.6) is 0 Å². The fraction of sp³-hybridized carbons (Fsp3) is 0.778. The van der Waals surface area contributed by atoms with Crippen LogP contribution in [0.3, 0.4) is 0 Å². The molecular formula is C9H14F3N3O2. The summed E-state index contributed by atoms with van der Waals surface area (Å²) >= 11 is 0. The van der Waals surface area contributed by atoms with Crippen molar-refractivity contribution in [1.29, 1.82) is 0 Å². The van der Waals surface area contributed by atoms with Gasteiger partial charge < -0.3 is 15.5 Å². The minimum absolute atomic E-state index is 0.0907. The van der Waals surface area contributed by atoms with E-state index in [-0.39, 0.29) is 12.5 Å². The van der Waals surface area contributed by atoms with E-state index in [1.807, 2.05) is 5.32 Å². The molecule has 0 unspecified atom stereocenters. The Balaban J connectivity index is 2.33. The fourth-order valence-corrected chi connectivity index (χ4v) is 1.44. The van der Waals surface area contributed by atoms with Gasteiger partial charge >= 0.3 is 6.18 Å². The molecule has 1 saturated heterocycles. The van der Waals surface area contributed by atoms with Crippen LogP contribution in [0, 0.1) is 0 Å². The smallest absolute Gasteiger partial charge is 0.354 e. The molecule has 1 aliphatic heterocycles. The van der Waals surface area contributed by atoms with Gasteiger partial charge in [-0.1, -0.05) is 0 Å². The van der Waals surface area contributed by atoms with E-state index in [9.17, 15) is 22.8 Å². The molecule has 0 aliphatic carbocycles. The van der Waals surface area contributed by atoms with E-state index in [0.717, 1.165) is 0 Å². The highest BCUT2D eigenvalue weighted by molar-refractivity contribution is 5.86. The highest BCUT2D eigenvalue weighted by Gasteiger charge is 2.27. The van der Waals surface area contributed by atoms with Gasteiger partial charge in [0.2, 0.25) is 11.8 Å². The molecule has 2 amide bonds. The van der Waals surface area contributed by atoms with Crippen molar-refractivity contribution in [3.63, 3.8) is 0 Å². The van der Waals surface area contributed by atoms with Gasteiger partial charge in [0.15, 0.2) is 0 Å². The van der Waals surface area contributed by atoms with Crippen LogP contribution in [0.25, 0.3) is 0 Å². The molecule has 1 aliphatic rings. The molecule has 0 aromatic heterocycles. The summed E-state index contributed by atoms with van der Waals surface area (Å²) in [5.74, 6) is -0.780. The number of amides is 2. The van der Waals surface area contributed by atoms with Gasteiger partial charge in [-0.05, 0) is 6.42 Å². The Morgan fingerprint density at radius 3 is 2.82 bits per heavy atom. The van der Waals surface area contributed by atoms with Crippen molar-refractivity contribution < 1.29 is 22.8 Å². The van der Waals surface area contributed by atoms with Gasteiger partial charge in [-0.3, -0.25) is 9.59 Å². The normalized spacial score (nSPS) is 17.6. The van der Waals surface area contributed by atoms with E-state index in [1.165, 1.54) is 4.90 Å². The molecule has 5 nitrogen and oxygen atoms in total. The molecule has 0 saturated carbocycles. The SMILES string of the molecule is O=C1CN(C(=O)CNCC(F)(F)F)CCCN1. The van der Waals surface area contributed by atoms with Crippen LogP contribution in [0.15, 0.2) is 0 Å². The molecule has 0 aromatic rings. The predicted molar refractivity (Wildman–Crippen MR) is 53.1 cm³/mol. The maximum atomic E-state index is 11.8. The summed E-state index contributed by atoms with van der Waals surface area (Å²) in [6, 6.07) is 0. The molecule has 0 atom stereocenters. The lowest BCUT2D eigenvalue weighted by molar-refractivity contribution is -0.137. The second-order valence-corrected chi connectivity index (χ2v) is 3.74. The standard InChI is InChI=1S/C9H14F3N3O2/c10-9(11,12)6-13-4-8(17)15-3-1-2-14-7(16)5-15/h13H,1-6H2,(H,14,16). The summed E-state index contributed by atoms with van der Waals surface area (Å²) < 4.78 is 35.5. The van der Waals surface area contributed by atoms with Crippen molar-refractivity contribution in [2.45, 2.75) is 12.6 Å². The van der Waals surface area contributed by atoms with Crippen molar-refractivity contribution in [2.24, 2.45) is 0 Å². The molecule has 0 radical (unpaired) electrons. The van der Waals surface area contributed by atoms with Crippen molar-refractivity contribution in [3.05, 3.63) is 0 Å². The first-order valence-corrected chi connectivity index (χ1v) is 5.20. The number of halogens is 3. The number of carbonyl (C=O) groups excluding carboxylic acids is 2. The van der Waals surface area contributed by atoms with Gasteiger partial charge in [-0.2, -0.15) is 13.2 Å². The maximum absolute atomic E-state index is 11.8. The van der Waals surface area contributed by atoms with Crippen LogP contribution in [-0.2, 0) is 9.59 Å². The summed E-state index contributed by atoms with van der Waals surface area (Å²) in [6.07, 6.45) is -3.73. The average molecular weight is 253 g/mol. The van der Waals surface area contributed by atoms with Crippen LogP contribution in [0.4, 0.5) is 13.2 Å². The Morgan fingerprint density at radius 1 is 1.47 bits per heavy atom. The maximum Gasteiger partial charge on any atom is 0.401 e. The lowest BCUT2D eigenvalue weighted by atomic mass is 10.3. The molecule has 0 bridgehead atoms. The average Bonchev–Trinajstić information content (AvgIpc) is 2.40. The zero-order chi connectivity index (χ0) is 12.9. The van der Waals surface area contributed by atoms with Gasteiger partial charge in [0.1, 0.15) is 0 Å². The molecule has 1 heterocycles. The number of alkyl halides is 3. The molecule has 17 heavy (non-hydrogen) atoms. The van der Waals surface area contributed by atoms with E-state index >= 15 is 0 Å². The Morgan fingerprint density at radius 2 is 2.18 bits per heavy atom. The lowest BCUT2D eigenvalue weighted by Crippen LogP contribution is -2.43. The third kappa shape index (κ3) is 5.53. The Labute approximate surface area is 96.3 Å². The molecule has 8 heteroatoms. The summed E-state index contributed by atoms with van der Waals surface area (Å²) in [6.45, 7) is -0.845. The van der Waals surface area contributed by atoms with Crippen molar-refractivity contribution >= 4 is 11.8 Å². The summed E-state index contributed by atoms with van der Waals surface area (Å²) in [5.41, 5.74) is 0. The number of rotatable bonds is 3. The number of carbonyl (C=O) groups is 2. The van der Waals surface area contributed by atoms with Crippen LogP contribution in [0.2, 0.25) is 0 Å². The van der Waals surface area contributed by atoms with Gasteiger partial charge in [-0.25, -0.2) is 0 Å². The molecule has 0 spiro atoms. The quantitative estimate of drug-likeness (QED) is 0.712. The second-order valence-electron chi connectivity index (χ2n) is 3.74. The molecular weight excluding hydrogens is 239 g/mol. The first kappa shape index (κ1) is 13.8. The predicted octanol–water partition coefficient (Wildman–Crippen LogP) is -0.513. The summed E-state index contributed by atoms with van der Waals surface area (Å²) in [5, 5.41) is 4.59. The van der Waals surface area contributed by atoms with Crippen LogP contribution >= 0.6 is 0 Å². The monoisotopic (exact) mass is 253 g/mol. The highest BCUT2D eigenvalue weighted by Crippen LogP contribution is 2.11.